The van der Waals surface area contributed by atoms with E-state index in [2.05, 4.69) is 174 Å². The van der Waals surface area contributed by atoms with Gasteiger partial charge in [0.15, 0.2) is 17.5 Å². The van der Waals surface area contributed by atoms with Gasteiger partial charge in [-0.25, -0.2) is 15.0 Å². The summed E-state index contributed by atoms with van der Waals surface area (Å²) in [4.78, 5) is 14.6. The molecule has 0 aliphatic heterocycles. The fourth-order valence-electron chi connectivity index (χ4n) is 10.1. The molecule has 6 heteroatoms. The van der Waals surface area contributed by atoms with Crippen molar-refractivity contribution in [1.29, 1.82) is 0 Å². The molecule has 0 atom stereocenters. The molecule has 334 valence electrons. The van der Waals surface area contributed by atoms with Crippen LogP contribution in [0.1, 0.15) is 23.1 Å². The Morgan fingerprint density at radius 2 is 0.901 bits per heavy atom. The number of aromatic hydroxyl groups is 1. The van der Waals surface area contributed by atoms with Crippen LogP contribution in [0, 0.1) is 18.8 Å². The quantitative estimate of drug-likeness (QED) is 0.154. The largest absolute Gasteiger partial charge is 0.507 e. The van der Waals surface area contributed by atoms with E-state index in [9.17, 15) is 5.11 Å². The lowest BCUT2D eigenvalue weighted by atomic mass is 9.96. The normalized spacial score (nSPS) is 12.5. The summed E-state index contributed by atoms with van der Waals surface area (Å²) >= 11 is 0. The van der Waals surface area contributed by atoms with Gasteiger partial charge in [0.1, 0.15) is 5.75 Å². The second-order valence-corrected chi connectivity index (χ2v) is 18.0. The Labute approximate surface area is 410 Å². The summed E-state index contributed by atoms with van der Waals surface area (Å²) < 4.78 is 4.73. The standard InChI is InChI=1S/C65H43N5O/c1-42-25-31-52(32-26-42)70-58-24-14-13-23-54(58)55-38-47(29-34-59(55)70)48-30-36-61-57(40-48)56-39-46(28-35-60(56)69(61)51-21-9-4-10-22-51)45-19-11-12-20-49(37-45)53-33-27-50(41-62(53)71)65-67-63(43-15-5-2-6-16-43)66-64(68-65)44-17-7-3-8-18-44/h2-10,13-19,21-41,71H,11H2,1H3. The first-order chi connectivity index (χ1) is 35.0. The number of benzene rings is 9. The number of aromatic nitrogens is 5. The Balaban J connectivity index is 0.895. The van der Waals surface area contributed by atoms with E-state index in [0.717, 1.165) is 72.1 Å². The van der Waals surface area contributed by atoms with Crippen LogP contribution >= 0.6 is 0 Å². The van der Waals surface area contributed by atoms with Gasteiger partial charge in [0.05, 0.1) is 22.1 Å². The molecule has 3 aromatic heterocycles. The van der Waals surface area contributed by atoms with Crippen LogP contribution in [-0.4, -0.2) is 29.2 Å². The summed E-state index contributed by atoms with van der Waals surface area (Å²) in [6, 6.07) is 73.9. The minimum absolute atomic E-state index is 0.0963. The van der Waals surface area contributed by atoms with Crippen molar-refractivity contribution < 1.29 is 5.11 Å². The molecule has 12 aromatic rings. The average molecular weight is 910 g/mol. The first-order valence-electron chi connectivity index (χ1n) is 23.9. The van der Waals surface area contributed by atoms with Crippen molar-refractivity contribution in [2.75, 3.05) is 0 Å². The molecule has 0 radical (unpaired) electrons. The van der Waals surface area contributed by atoms with E-state index in [-0.39, 0.29) is 5.75 Å². The molecule has 0 unspecified atom stereocenters. The molecule has 0 bridgehead atoms. The molecule has 3 heterocycles. The monoisotopic (exact) mass is 909 g/mol. The van der Waals surface area contributed by atoms with Gasteiger partial charge >= 0.3 is 0 Å². The zero-order chi connectivity index (χ0) is 47.4. The van der Waals surface area contributed by atoms with Gasteiger partial charge in [-0.05, 0) is 114 Å². The number of phenolic OH excluding ortho intramolecular Hbond substituents is 1. The van der Waals surface area contributed by atoms with E-state index in [1.165, 1.54) is 27.4 Å². The number of phenols is 1. The maximum atomic E-state index is 11.8. The number of hydrogen-bond acceptors (Lipinski definition) is 4. The van der Waals surface area contributed by atoms with Crippen LogP contribution in [0.25, 0.3) is 111 Å². The Kier molecular flexibility index (Phi) is 10.1. The van der Waals surface area contributed by atoms with Crippen LogP contribution in [0.5, 0.6) is 5.75 Å². The molecule has 0 fully saturated rings. The number of nitrogens with zero attached hydrogens (tertiary/aromatic N) is 5. The Bertz CT molecular complexity index is 4130. The van der Waals surface area contributed by atoms with Gasteiger partial charge in [0, 0.05) is 67.2 Å². The van der Waals surface area contributed by atoms with Gasteiger partial charge in [-0.1, -0.05) is 157 Å². The summed E-state index contributed by atoms with van der Waals surface area (Å²) in [5.41, 5.74) is 16.3. The highest BCUT2D eigenvalue weighted by Crippen LogP contribution is 2.40. The second-order valence-electron chi connectivity index (χ2n) is 18.0. The predicted octanol–water partition coefficient (Wildman–Crippen LogP) is 15.6. The van der Waals surface area contributed by atoms with Gasteiger partial charge in [-0.3, -0.25) is 0 Å². The van der Waals surface area contributed by atoms with Crippen molar-refractivity contribution in [3.8, 4) is 74.3 Å². The molecule has 0 saturated carbocycles. The smallest absolute Gasteiger partial charge is 0.164 e. The molecule has 0 saturated heterocycles. The van der Waals surface area contributed by atoms with Crippen LogP contribution in [0.2, 0.25) is 0 Å². The fourth-order valence-corrected chi connectivity index (χ4v) is 10.1. The van der Waals surface area contributed by atoms with Crippen LogP contribution in [0.4, 0.5) is 0 Å². The van der Waals surface area contributed by atoms with E-state index < -0.39 is 0 Å². The number of para-hydroxylation sites is 2. The summed E-state index contributed by atoms with van der Waals surface area (Å²) in [6.45, 7) is 2.13. The molecule has 1 aliphatic rings. The van der Waals surface area contributed by atoms with E-state index in [1.807, 2.05) is 72.8 Å². The topological polar surface area (TPSA) is 68.8 Å². The summed E-state index contributed by atoms with van der Waals surface area (Å²) in [6.07, 6.45) is 4.85. The highest BCUT2D eigenvalue weighted by atomic mass is 16.3. The van der Waals surface area contributed by atoms with Crippen molar-refractivity contribution >= 4 is 54.8 Å². The maximum absolute atomic E-state index is 11.8. The Morgan fingerprint density at radius 1 is 0.423 bits per heavy atom. The van der Waals surface area contributed by atoms with Gasteiger partial charge in [0.25, 0.3) is 0 Å². The molecular weight excluding hydrogens is 867 g/mol. The molecule has 71 heavy (non-hydrogen) atoms. The lowest BCUT2D eigenvalue weighted by Crippen LogP contribution is -2.00. The van der Waals surface area contributed by atoms with Crippen LogP contribution < -0.4 is 0 Å². The number of allylic oxidation sites excluding steroid dienone is 4. The van der Waals surface area contributed by atoms with E-state index in [4.69, 9.17) is 15.0 Å². The van der Waals surface area contributed by atoms with Gasteiger partial charge in [-0.15, -0.1) is 0 Å². The number of aryl methyl sites for hydroxylation is 1. The molecular formula is C65H43N5O. The SMILES string of the molecule is Cc1ccc(-n2c3ccccc3c3cc(-c4ccc5c(c4)c4cc(C6=CCC#CC(c7ccc(-c8nc(-c9ccccc9)nc(-c9ccccc9)n8)cc7O)=C6)ccc4n5-c4ccccc4)ccc32)cc1. The first-order valence-corrected chi connectivity index (χ1v) is 23.9. The Morgan fingerprint density at radius 3 is 1.51 bits per heavy atom. The maximum Gasteiger partial charge on any atom is 0.164 e. The van der Waals surface area contributed by atoms with Gasteiger partial charge in [0.2, 0.25) is 0 Å². The number of fused-ring (bicyclic) bond motifs is 6. The molecule has 9 aromatic carbocycles. The number of hydrogen-bond donors (Lipinski definition) is 1. The first kappa shape index (κ1) is 41.6. The summed E-state index contributed by atoms with van der Waals surface area (Å²) in [5.74, 6) is 8.38. The van der Waals surface area contributed by atoms with Crippen molar-refractivity contribution in [2.24, 2.45) is 0 Å². The number of rotatable bonds is 8. The molecule has 1 N–H and O–H groups in total. The lowest BCUT2D eigenvalue weighted by molar-refractivity contribution is 0.474. The predicted molar refractivity (Wildman–Crippen MR) is 291 cm³/mol. The van der Waals surface area contributed by atoms with Gasteiger partial charge < -0.3 is 14.2 Å². The molecule has 13 rings (SSSR count). The molecule has 6 nitrogen and oxygen atoms in total. The van der Waals surface area contributed by atoms with E-state index in [0.29, 0.717) is 35.0 Å². The second kappa shape index (κ2) is 17.2. The lowest BCUT2D eigenvalue weighted by Gasteiger charge is -2.11. The van der Waals surface area contributed by atoms with Crippen molar-refractivity contribution in [3.05, 3.63) is 241 Å². The summed E-state index contributed by atoms with van der Waals surface area (Å²) in [7, 11) is 0. The summed E-state index contributed by atoms with van der Waals surface area (Å²) in [5, 5.41) is 16.5. The highest BCUT2D eigenvalue weighted by Gasteiger charge is 2.19. The highest BCUT2D eigenvalue weighted by molar-refractivity contribution is 6.13. The third-order valence-electron chi connectivity index (χ3n) is 13.6. The van der Waals surface area contributed by atoms with Gasteiger partial charge in [-0.2, -0.15) is 0 Å². The third kappa shape index (κ3) is 7.45. The zero-order valence-corrected chi connectivity index (χ0v) is 38.8. The van der Waals surface area contributed by atoms with Crippen molar-refractivity contribution in [3.63, 3.8) is 0 Å². The fraction of sp³-hybridized carbons (Fsp3) is 0.0308. The van der Waals surface area contributed by atoms with Crippen LogP contribution in [-0.2, 0) is 0 Å². The minimum Gasteiger partial charge on any atom is -0.507 e. The van der Waals surface area contributed by atoms with Crippen LogP contribution in [0.3, 0.4) is 0 Å². The minimum atomic E-state index is 0.0963. The van der Waals surface area contributed by atoms with E-state index in [1.54, 1.807) is 6.07 Å². The molecule has 1 aliphatic carbocycles. The van der Waals surface area contributed by atoms with Crippen molar-refractivity contribution in [1.82, 2.24) is 24.1 Å². The van der Waals surface area contributed by atoms with E-state index >= 15 is 0 Å². The van der Waals surface area contributed by atoms with Crippen molar-refractivity contribution in [2.45, 2.75) is 13.3 Å². The molecule has 0 spiro atoms. The average Bonchev–Trinajstić information content (AvgIpc) is 3.81. The van der Waals surface area contributed by atoms with Crippen LogP contribution in [0.15, 0.2) is 224 Å². The third-order valence-corrected chi connectivity index (χ3v) is 13.6. The molecule has 0 amide bonds. The Hall–Kier alpha value is -9.57. The zero-order valence-electron chi connectivity index (χ0n) is 38.8.